The summed E-state index contributed by atoms with van der Waals surface area (Å²) in [4.78, 5) is 14.7. The Labute approximate surface area is 156 Å². The lowest BCUT2D eigenvalue weighted by atomic mass is 9.85. The average molecular weight is 360 g/mol. The highest BCUT2D eigenvalue weighted by Gasteiger charge is 2.27. The minimum atomic E-state index is -0.428. The van der Waals surface area contributed by atoms with Gasteiger partial charge in [0.1, 0.15) is 0 Å². The fourth-order valence-electron chi connectivity index (χ4n) is 4.25. The van der Waals surface area contributed by atoms with Gasteiger partial charge in [-0.05, 0) is 56.7 Å². The quantitative estimate of drug-likeness (QED) is 0.726. The molecule has 1 saturated carbocycles. The highest BCUT2D eigenvalue weighted by Crippen LogP contribution is 2.24. The number of benzene rings is 1. The molecule has 0 bridgehead atoms. The molecule has 0 aromatic heterocycles. The van der Waals surface area contributed by atoms with Gasteiger partial charge in [-0.25, -0.2) is 0 Å². The molecular formula is C21H33N3O2. The third kappa shape index (κ3) is 5.53. The van der Waals surface area contributed by atoms with Crippen LogP contribution < -0.4 is 11.1 Å². The molecule has 1 amide bonds. The molecular weight excluding hydrogens is 326 g/mol. The lowest BCUT2D eigenvalue weighted by Gasteiger charge is -2.33. The van der Waals surface area contributed by atoms with Gasteiger partial charge in [-0.1, -0.05) is 36.8 Å². The van der Waals surface area contributed by atoms with Crippen molar-refractivity contribution in [1.29, 1.82) is 0 Å². The first-order valence-corrected chi connectivity index (χ1v) is 10.1. The summed E-state index contributed by atoms with van der Waals surface area (Å²) in [6, 6.07) is 10.0. The number of hydrogen-bond acceptors (Lipinski definition) is 4. The van der Waals surface area contributed by atoms with Crippen LogP contribution >= 0.6 is 0 Å². The number of carbonyl (C=O) groups is 1. The molecule has 3 rings (SSSR count). The second-order valence-corrected chi connectivity index (χ2v) is 8.04. The third-order valence-corrected chi connectivity index (χ3v) is 5.97. The number of aliphatic hydroxyl groups is 1. The molecule has 0 spiro atoms. The molecule has 1 aliphatic heterocycles. The lowest BCUT2D eigenvalue weighted by Crippen LogP contribution is -2.42. The number of carbonyl (C=O) groups excluding carboxylic acids is 1. The van der Waals surface area contributed by atoms with Gasteiger partial charge in [-0.2, -0.15) is 0 Å². The topological polar surface area (TPSA) is 78.6 Å². The van der Waals surface area contributed by atoms with E-state index in [4.69, 9.17) is 5.73 Å². The molecule has 0 radical (unpaired) electrons. The van der Waals surface area contributed by atoms with Crippen LogP contribution in [-0.2, 0) is 4.79 Å². The van der Waals surface area contributed by atoms with Crippen molar-refractivity contribution in [3.05, 3.63) is 35.9 Å². The Bertz CT molecular complexity index is 558. The monoisotopic (exact) mass is 359 g/mol. The SMILES string of the molecule is NC1CCCC(C(=O)NCC2CCN(CC(O)c3ccccc3)CC2)C1. The summed E-state index contributed by atoms with van der Waals surface area (Å²) in [5.41, 5.74) is 6.97. The number of aliphatic hydroxyl groups excluding tert-OH is 1. The highest BCUT2D eigenvalue weighted by atomic mass is 16.3. The van der Waals surface area contributed by atoms with E-state index in [-0.39, 0.29) is 17.9 Å². The molecule has 26 heavy (non-hydrogen) atoms. The first kappa shape index (κ1) is 19.3. The van der Waals surface area contributed by atoms with E-state index in [1.54, 1.807) is 0 Å². The van der Waals surface area contributed by atoms with Crippen LogP contribution in [0.3, 0.4) is 0 Å². The molecule has 1 saturated heterocycles. The number of amides is 1. The van der Waals surface area contributed by atoms with Crippen LogP contribution in [0.25, 0.3) is 0 Å². The molecule has 5 nitrogen and oxygen atoms in total. The number of piperidine rings is 1. The first-order chi connectivity index (χ1) is 12.6. The van der Waals surface area contributed by atoms with Gasteiger partial charge in [0.2, 0.25) is 5.91 Å². The summed E-state index contributed by atoms with van der Waals surface area (Å²) in [6.07, 6.45) is 5.66. The van der Waals surface area contributed by atoms with Crippen LogP contribution in [0.5, 0.6) is 0 Å². The molecule has 2 aliphatic rings. The zero-order valence-corrected chi connectivity index (χ0v) is 15.6. The zero-order chi connectivity index (χ0) is 18.4. The molecule has 5 heteroatoms. The van der Waals surface area contributed by atoms with E-state index in [9.17, 15) is 9.90 Å². The number of hydrogen-bond donors (Lipinski definition) is 3. The van der Waals surface area contributed by atoms with Crippen LogP contribution in [-0.4, -0.2) is 48.1 Å². The minimum absolute atomic E-state index is 0.111. The van der Waals surface area contributed by atoms with Crippen LogP contribution in [0.1, 0.15) is 50.2 Å². The molecule has 1 aliphatic carbocycles. The number of nitrogens with two attached hydrogens (primary N) is 1. The van der Waals surface area contributed by atoms with Crippen LogP contribution in [0.15, 0.2) is 30.3 Å². The van der Waals surface area contributed by atoms with E-state index < -0.39 is 6.10 Å². The number of nitrogens with zero attached hydrogens (tertiary/aromatic N) is 1. The van der Waals surface area contributed by atoms with Crippen LogP contribution in [0.4, 0.5) is 0 Å². The van der Waals surface area contributed by atoms with E-state index in [0.717, 1.165) is 63.7 Å². The fourth-order valence-corrected chi connectivity index (χ4v) is 4.25. The number of nitrogens with one attached hydrogen (secondary N) is 1. The molecule has 3 unspecified atom stereocenters. The van der Waals surface area contributed by atoms with Crippen molar-refractivity contribution in [2.75, 3.05) is 26.2 Å². The Kier molecular flexibility index (Phi) is 7.06. The standard InChI is InChI=1S/C21H33N3O2/c22-19-8-4-7-18(13-19)21(26)23-14-16-9-11-24(12-10-16)15-20(25)17-5-2-1-3-6-17/h1-3,5-6,16,18-20,25H,4,7-15,22H2,(H,23,26). The summed E-state index contributed by atoms with van der Waals surface area (Å²) in [5.74, 6) is 0.850. The van der Waals surface area contributed by atoms with E-state index in [1.807, 2.05) is 30.3 Å². The fraction of sp³-hybridized carbons (Fsp3) is 0.667. The molecule has 1 aromatic rings. The van der Waals surface area contributed by atoms with Crippen molar-refractivity contribution in [3.63, 3.8) is 0 Å². The predicted molar refractivity (Wildman–Crippen MR) is 104 cm³/mol. The summed E-state index contributed by atoms with van der Waals surface area (Å²) >= 11 is 0. The molecule has 4 N–H and O–H groups in total. The van der Waals surface area contributed by atoms with Crippen molar-refractivity contribution < 1.29 is 9.90 Å². The van der Waals surface area contributed by atoms with Gasteiger partial charge in [-0.3, -0.25) is 4.79 Å². The molecule has 144 valence electrons. The minimum Gasteiger partial charge on any atom is -0.387 e. The van der Waals surface area contributed by atoms with Gasteiger partial charge in [0.15, 0.2) is 0 Å². The predicted octanol–water partition coefficient (Wildman–Crippen LogP) is 2.07. The van der Waals surface area contributed by atoms with Crippen molar-refractivity contribution in [1.82, 2.24) is 10.2 Å². The van der Waals surface area contributed by atoms with Crippen LogP contribution in [0, 0.1) is 11.8 Å². The Balaban J connectivity index is 1.35. The third-order valence-electron chi connectivity index (χ3n) is 5.97. The Morgan fingerprint density at radius 1 is 1.19 bits per heavy atom. The number of rotatable bonds is 6. The second-order valence-electron chi connectivity index (χ2n) is 8.04. The maximum Gasteiger partial charge on any atom is 0.223 e. The summed E-state index contributed by atoms with van der Waals surface area (Å²) in [5, 5.41) is 13.5. The second kappa shape index (κ2) is 9.49. The maximum absolute atomic E-state index is 12.3. The number of likely N-dealkylation sites (tertiary alicyclic amines) is 1. The van der Waals surface area contributed by atoms with Crippen molar-refractivity contribution in [2.45, 2.75) is 50.7 Å². The van der Waals surface area contributed by atoms with E-state index in [2.05, 4.69) is 10.2 Å². The smallest absolute Gasteiger partial charge is 0.223 e. The van der Waals surface area contributed by atoms with Gasteiger partial charge in [0, 0.05) is 25.0 Å². The summed E-state index contributed by atoms with van der Waals surface area (Å²) in [6.45, 7) is 3.43. The van der Waals surface area contributed by atoms with E-state index >= 15 is 0 Å². The maximum atomic E-state index is 12.3. The van der Waals surface area contributed by atoms with Gasteiger partial charge >= 0.3 is 0 Å². The van der Waals surface area contributed by atoms with E-state index in [0.29, 0.717) is 12.5 Å². The van der Waals surface area contributed by atoms with Crippen molar-refractivity contribution in [2.24, 2.45) is 17.6 Å². The Morgan fingerprint density at radius 2 is 1.92 bits per heavy atom. The Morgan fingerprint density at radius 3 is 2.62 bits per heavy atom. The van der Waals surface area contributed by atoms with Gasteiger partial charge in [0.25, 0.3) is 0 Å². The normalized spacial score (nSPS) is 26.4. The largest absolute Gasteiger partial charge is 0.387 e. The van der Waals surface area contributed by atoms with Crippen molar-refractivity contribution in [3.8, 4) is 0 Å². The van der Waals surface area contributed by atoms with Crippen molar-refractivity contribution >= 4 is 5.91 Å². The summed E-state index contributed by atoms with van der Waals surface area (Å²) < 4.78 is 0. The molecule has 1 heterocycles. The lowest BCUT2D eigenvalue weighted by molar-refractivity contribution is -0.126. The van der Waals surface area contributed by atoms with Gasteiger partial charge in [0.05, 0.1) is 6.10 Å². The van der Waals surface area contributed by atoms with E-state index in [1.165, 1.54) is 0 Å². The Hall–Kier alpha value is -1.43. The highest BCUT2D eigenvalue weighted by molar-refractivity contribution is 5.78. The molecule has 3 atom stereocenters. The van der Waals surface area contributed by atoms with Gasteiger partial charge < -0.3 is 21.1 Å². The molecule has 1 aromatic carbocycles. The first-order valence-electron chi connectivity index (χ1n) is 10.1. The average Bonchev–Trinajstić information content (AvgIpc) is 2.68. The number of β-amino-alcohol motifs (C(OH)–C–C–N with tert-alkyl or cyclic N) is 1. The zero-order valence-electron chi connectivity index (χ0n) is 15.6. The summed E-state index contributed by atoms with van der Waals surface area (Å²) in [7, 11) is 0. The molecule has 2 fully saturated rings. The van der Waals surface area contributed by atoms with Gasteiger partial charge in [-0.15, -0.1) is 0 Å². The van der Waals surface area contributed by atoms with Crippen LogP contribution in [0.2, 0.25) is 0 Å².